The highest BCUT2D eigenvalue weighted by Gasteiger charge is 2.31. The van der Waals surface area contributed by atoms with Gasteiger partial charge in [0, 0.05) is 19.2 Å². The van der Waals surface area contributed by atoms with Gasteiger partial charge in [0.15, 0.2) is 0 Å². The summed E-state index contributed by atoms with van der Waals surface area (Å²) in [6, 6.07) is 5.68. The molecule has 1 amide bonds. The van der Waals surface area contributed by atoms with Gasteiger partial charge in [0.2, 0.25) is 5.95 Å². The molecule has 1 atom stereocenters. The first-order valence-electron chi connectivity index (χ1n) is 8.77. The normalized spacial score (nSPS) is 14.9. The number of nitrogens with zero attached hydrogens (tertiary/aromatic N) is 1. The first kappa shape index (κ1) is 20.6. The number of benzene rings is 1. The van der Waals surface area contributed by atoms with Crippen LogP contribution in [0.1, 0.15) is 34.9 Å². The molecule has 3 N–H and O–H groups in total. The van der Waals surface area contributed by atoms with Crippen LogP contribution in [0.2, 0.25) is 0 Å². The fourth-order valence-corrected chi connectivity index (χ4v) is 2.59. The number of nitrogens with one attached hydrogen (secondary N) is 3. The number of H-pyrrole nitrogens is 1. The van der Waals surface area contributed by atoms with Crippen LogP contribution in [-0.2, 0) is 4.74 Å². The number of anilines is 1. The fourth-order valence-electron chi connectivity index (χ4n) is 2.59. The highest BCUT2D eigenvalue weighted by molar-refractivity contribution is 5.92. The Morgan fingerprint density at radius 1 is 1.31 bits per heavy atom. The first-order chi connectivity index (χ1) is 13.7. The van der Waals surface area contributed by atoms with Crippen molar-refractivity contribution >= 4 is 11.9 Å². The Bertz CT molecular complexity index is 911. The van der Waals surface area contributed by atoms with E-state index in [2.05, 4.69) is 25.3 Å². The predicted molar refractivity (Wildman–Crippen MR) is 96.7 cm³/mol. The van der Waals surface area contributed by atoms with Crippen molar-refractivity contribution in [3.8, 4) is 5.75 Å². The topological polar surface area (TPSA) is 105 Å². The molecule has 1 aliphatic rings. The third-order valence-electron chi connectivity index (χ3n) is 4.05. The smallest absolute Gasteiger partial charge is 0.406 e. The summed E-state index contributed by atoms with van der Waals surface area (Å²) in [5, 5.41) is 5.68. The summed E-state index contributed by atoms with van der Waals surface area (Å²) in [6.45, 7) is 0.0571. The molecule has 1 aliphatic carbocycles. The van der Waals surface area contributed by atoms with Gasteiger partial charge in [-0.3, -0.25) is 14.6 Å². The van der Waals surface area contributed by atoms with Gasteiger partial charge in [-0.05, 0) is 30.5 Å². The summed E-state index contributed by atoms with van der Waals surface area (Å²) in [4.78, 5) is 31.0. The molecule has 156 valence electrons. The molecule has 29 heavy (non-hydrogen) atoms. The number of alkyl halides is 3. The third kappa shape index (κ3) is 6.21. The Hall–Kier alpha value is -3.08. The molecule has 0 saturated heterocycles. The highest BCUT2D eigenvalue weighted by Crippen LogP contribution is 2.25. The molecule has 8 nitrogen and oxygen atoms in total. The van der Waals surface area contributed by atoms with Crippen molar-refractivity contribution in [3.63, 3.8) is 0 Å². The van der Waals surface area contributed by atoms with Crippen molar-refractivity contribution in [1.29, 1.82) is 0 Å². The number of ether oxygens (including phenoxy) is 2. The van der Waals surface area contributed by atoms with Crippen LogP contribution in [0.25, 0.3) is 0 Å². The minimum atomic E-state index is -4.79. The lowest BCUT2D eigenvalue weighted by Crippen LogP contribution is -2.33. The van der Waals surface area contributed by atoms with Crippen LogP contribution >= 0.6 is 0 Å². The van der Waals surface area contributed by atoms with E-state index in [0.29, 0.717) is 5.56 Å². The van der Waals surface area contributed by atoms with E-state index < -0.39 is 23.9 Å². The third-order valence-corrected chi connectivity index (χ3v) is 4.05. The number of carbonyl (C=O) groups excluding carboxylic acids is 1. The summed E-state index contributed by atoms with van der Waals surface area (Å²) < 4.78 is 45.8. The largest absolute Gasteiger partial charge is 0.573 e. The van der Waals surface area contributed by atoms with Crippen LogP contribution in [0.15, 0.2) is 35.1 Å². The van der Waals surface area contributed by atoms with Crippen molar-refractivity contribution in [1.82, 2.24) is 15.3 Å². The van der Waals surface area contributed by atoms with E-state index in [1.54, 1.807) is 0 Å². The molecule has 0 bridgehead atoms. The van der Waals surface area contributed by atoms with Crippen molar-refractivity contribution < 1.29 is 27.4 Å². The van der Waals surface area contributed by atoms with Crippen LogP contribution in [0, 0.1) is 0 Å². The molecule has 0 radical (unpaired) electrons. The number of rotatable bonds is 8. The summed E-state index contributed by atoms with van der Waals surface area (Å²) in [5.74, 6) is -0.787. The van der Waals surface area contributed by atoms with Crippen molar-refractivity contribution in [3.05, 3.63) is 51.9 Å². The van der Waals surface area contributed by atoms with Crippen LogP contribution in [0.3, 0.4) is 0 Å². The lowest BCUT2D eigenvalue weighted by atomic mass is 10.1. The summed E-state index contributed by atoms with van der Waals surface area (Å²) >= 11 is 0. The molecule has 1 heterocycles. The number of hydrogen-bond donors (Lipinski definition) is 3. The molecule has 2 aromatic rings. The van der Waals surface area contributed by atoms with E-state index in [4.69, 9.17) is 4.74 Å². The zero-order valence-electron chi connectivity index (χ0n) is 15.4. The SMILES string of the molecule is COCC(NC(=O)c1cc(=O)[nH]c(NC2CC2)n1)c1ccc(OC(F)(F)F)cc1. The van der Waals surface area contributed by atoms with Gasteiger partial charge in [0.25, 0.3) is 11.5 Å². The number of aromatic nitrogens is 2. The van der Waals surface area contributed by atoms with Gasteiger partial charge in [0.1, 0.15) is 11.4 Å². The lowest BCUT2D eigenvalue weighted by Gasteiger charge is -2.19. The van der Waals surface area contributed by atoms with Gasteiger partial charge in [-0.1, -0.05) is 12.1 Å². The molecule has 11 heteroatoms. The molecular weight excluding hydrogens is 393 g/mol. The quantitative estimate of drug-likeness (QED) is 0.615. The highest BCUT2D eigenvalue weighted by atomic mass is 19.4. The predicted octanol–water partition coefficient (Wildman–Crippen LogP) is 2.36. The van der Waals surface area contributed by atoms with Crippen LogP contribution in [0.5, 0.6) is 5.75 Å². The molecule has 1 aromatic heterocycles. The number of aromatic amines is 1. The number of carbonyl (C=O) groups is 1. The number of hydrogen-bond acceptors (Lipinski definition) is 6. The van der Waals surface area contributed by atoms with E-state index in [1.165, 1.54) is 19.2 Å². The Morgan fingerprint density at radius 2 is 2.00 bits per heavy atom. The Labute approximate surface area is 163 Å². The van der Waals surface area contributed by atoms with Gasteiger partial charge in [0.05, 0.1) is 12.6 Å². The maximum absolute atomic E-state index is 12.6. The lowest BCUT2D eigenvalue weighted by molar-refractivity contribution is -0.274. The van der Waals surface area contributed by atoms with Crippen molar-refractivity contribution in [2.45, 2.75) is 31.3 Å². The van der Waals surface area contributed by atoms with Crippen LogP contribution in [0.4, 0.5) is 19.1 Å². The Kier molecular flexibility index (Phi) is 6.06. The summed E-state index contributed by atoms with van der Waals surface area (Å²) in [7, 11) is 1.42. The minimum Gasteiger partial charge on any atom is -0.406 e. The van der Waals surface area contributed by atoms with Crippen LogP contribution < -0.4 is 20.9 Å². The van der Waals surface area contributed by atoms with Gasteiger partial charge in [-0.25, -0.2) is 4.98 Å². The van der Waals surface area contributed by atoms with E-state index in [9.17, 15) is 22.8 Å². The second-order valence-electron chi connectivity index (χ2n) is 6.50. The van der Waals surface area contributed by atoms with E-state index in [0.717, 1.165) is 31.0 Å². The molecule has 1 fully saturated rings. The Balaban J connectivity index is 1.73. The van der Waals surface area contributed by atoms with E-state index in [1.807, 2.05) is 0 Å². The summed E-state index contributed by atoms with van der Waals surface area (Å²) in [5.41, 5.74) is -0.0730. The minimum absolute atomic E-state index is 0.0571. The zero-order chi connectivity index (χ0) is 21.0. The molecular formula is C18H19F3N4O4. The number of halogens is 3. The van der Waals surface area contributed by atoms with Gasteiger partial charge in [-0.2, -0.15) is 0 Å². The summed E-state index contributed by atoms with van der Waals surface area (Å²) in [6.07, 6.45) is -2.87. The molecule has 1 unspecified atom stereocenters. The fraction of sp³-hybridized carbons (Fsp3) is 0.389. The maximum atomic E-state index is 12.6. The van der Waals surface area contributed by atoms with Gasteiger partial charge >= 0.3 is 6.36 Å². The monoisotopic (exact) mass is 412 g/mol. The van der Waals surface area contributed by atoms with Crippen molar-refractivity contribution in [2.24, 2.45) is 0 Å². The van der Waals surface area contributed by atoms with Crippen LogP contribution in [-0.4, -0.2) is 42.0 Å². The van der Waals surface area contributed by atoms with Gasteiger partial charge < -0.3 is 20.1 Å². The molecule has 0 aliphatic heterocycles. The molecule has 0 spiro atoms. The van der Waals surface area contributed by atoms with E-state index in [-0.39, 0.29) is 30.0 Å². The maximum Gasteiger partial charge on any atom is 0.573 e. The van der Waals surface area contributed by atoms with Crippen molar-refractivity contribution in [2.75, 3.05) is 19.0 Å². The number of methoxy groups -OCH3 is 1. The average Bonchev–Trinajstić information content (AvgIpc) is 3.44. The first-order valence-corrected chi connectivity index (χ1v) is 8.77. The molecule has 1 saturated carbocycles. The second kappa shape index (κ2) is 8.52. The second-order valence-corrected chi connectivity index (χ2v) is 6.50. The van der Waals surface area contributed by atoms with E-state index >= 15 is 0 Å². The Morgan fingerprint density at radius 3 is 2.59 bits per heavy atom. The number of amides is 1. The molecule has 3 rings (SSSR count). The standard InChI is InChI=1S/C18H19F3N4O4/c1-28-9-14(10-2-6-12(7-3-10)29-18(19,20)21)23-16(27)13-8-15(26)25-17(24-13)22-11-4-5-11/h2-3,6-8,11,14H,4-5,9H2,1H3,(H,23,27)(H2,22,24,25,26). The van der Waals surface area contributed by atoms with Gasteiger partial charge in [-0.15, -0.1) is 13.2 Å². The molecule has 1 aromatic carbocycles. The zero-order valence-corrected chi connectivity index (χ0v) is 15.4. The average molecular weight is 412 g/mol.